The SMILES string of the molecule is CCNC(=O)c1cc2c(NC(=O)c3ccc(O)c(O)c3)cccc2[nH]c1=O. The Labute approximate surface area is 153 Å². The summed E-state index contributed by atoms with van der Waals surface area (Å²) < 4.78 is 0. The van der Waals surface area contributed by atoms with Crippen molar-refractivity contribution in [1.29, 1.82) is 0 Å². The van der Waals surface area contributed by atoms with E-state index in [0.717, 1.165) is 6.07 Å². The highest BCUT2D eigenvalue weighted by Gasteiger charge is 2.15. The van der Waals surface area contributed by atoms with E-state index < -0.39 is 23.1 Å². The summed E-state index contributed by atoms with van der Waals surface area (Å²) in [7, 11) is 0. The number of rotatable bonds is 4. The van der Waals surface area contributed by atoms with E-state index in [9.17, 15) is 24.6 Å². The maximum Gasteiger partial charge on any atom is 0.261 e. The second kappa shape index (κ2) is 7.20. The van der Waals surface area contributed by atoms with Gasteiger partial charge in [0.15, 0.2) is 11.5 Å². The lowest BCUT2D eigenvalue weighted by molar-refractivity contribution is 0.0953. The van der Waals surface area contributed by atoms with Gasteiger partial charge in [0, 0.05) is 17.5 Å². The van der Waals surface area contributed by atoms with Crippen molar-refractivity contribution in [3.8, 4) is 11.5 Å². The number of hydrogen-bond donors (Lipinski definition) is 5. The third-order valence-corrected chi connectivity index (χ3v) is 3.96. The van der Waals surface area contributed by atoms with Gasteiger partial charge in [-0.2, -0.15) is 0 Å². The van der Waals surface area contributed by atoms with Crippen LogP contribution in [0.3, 0.4) is 0 Å². The molecule has 0 radical (unpaired) electrons. The second-order valence-corrected chi connectivity index (χ2v) is 5.80. The lowest BCUT2D eigenvalue weighted by Gasteiger charge is -2.10. The van der Waals surface area contributed by atoms with E-state index in [0.29, 0.717) is 23.1 Å². The zero-order valence-corrected chi connectivity index (χ0v) is 14.4. The average Bonchev–Trinajstić information content (AvgIpc) is 2.63. The molecule has 0 spiro atoms. The number of aromatic amines is 1. The molecule has 5 N–H and O–H groups in total. The number of anilines is 1. The Morgan fingerprint density at radius 3 is 2.52 bits per heavy atom. The molecule has 1 heterocycles. The van der Waals surface area contributed by atoms with E-state index in [4.69, 9.17) is 0 Å². The zero-order chi connectivity index (χ0) is 19.6. The molecule has 27 heavy (non-hydrogen) atoms. The Morgan fingerprint density at radius 1 is 1.04 bits per heavy atom. The molecule has 8 nitrogen and oxygen atoms in total. The van der Waals surface area contributed by atoms with Crippen molar-refractivity contribution in [3.63, 3.8) is 0 Å². The van der Waals surface area contributed by atoms with Crippen molar-refractivity contribution < 1.29 is 19.8 Å². The molecule has 3 aromatic rings. The highest BCUT2D eigenvalue weighted by molar-refractivity contribution is 6.09. The Balaban J connectivity index is 2.02. The third kappa shape index (κ3) is 3.59. The monoisotopic (exact) mass is 367 g/mol. The molecule has 138 valence electrons. The molecule has 3 rings (SSSR count). The number of aromatic hydroxyl groups is 2. The van der Waals surface area contributed by atoms with Crippen LogP contribution in [0.1, 0.15) is 27.6 Å². The Bertz CT molecular complexity index is 1100. The van der Waals surface area contributed by atoms with Gasteiger partial charge in [0.25, 0.3) is 17.4 Å². The van der Waals surface area contributed by atoms with E-state index in [-0.39, 0.29) is 16.9 Å². The van der Waals surface area contributed by atoms with Crippen LogP contribution in [-0.2, 0) is 0 Å². The molecular formula is C19H17N3O5. The van der Waals surface area contributed by atoms with Gasteiger partial charge in [-0.3, -0.25) is 14.4 Å². The van der Waals surface area contributed by atoms with Crippen LogP contribution in [0.25, 0.3) is 10.9 Å². The summed E-state index contributed by atoms with van der Waals surface area (Å²) in [6, 6.07) is 10.0. The van der Waals surface area contributed by atoms with Gasteiger partial charge >= 0.3 is 0 Å². The van der Waals surface area contributed by atoms with Crippen molar-refractivity contribution in [2.24, 2.45) is 0 Å². The number of phenols is 2. The molecule has 0 fully saturated rings. The highest BCUT2D eigenvalue weighted by atomic mass is 16.3. The van der Waals surface area contributed by atoms with Crippen molar-refractivity contribution in [2.75, 3.05) is 11.9 Å². The number of carbonyl (C=O) groups excluding carboxylic acids is 2. The van der Waals surface area contributed by atoms with Crippen molar-refractivity contribution in [3.05, 3.63) is 63.9 Å². The molecule has 0 atom stereocenters. The van der Waals surface area contributed by atoms with Crippen molar-refractivity contribution in [1.82, 2.24) is 10.3 Å². The maximum absolute atomic E-state index is 12.5. The molecule has 8 heteroatoms. The van der Waals surface area contributed by atoms with Crippen LogP contribution in [0.2, 0.25) is 0 Å². The van der Waals surface area contributed by atoms with E-state index in [1.807, 2.05) is 0 Å². The number of benzene rings is 2. The normalized spacial score (nSPS) is 10.6. The van der Waals surface area contributed by atoms with Crippen LogP contribution >= 0.6 is 0 Å². The molecule has 1 aromatic heterocycles. The number of carbonyl (C=O) groups is 2. The summed E-state index contributed by atoms with van der Waals surface area (Å²) >= 11 is 0. The summed E-state index contributed by atoms with van der Waals surface area (Å²) in [5.41, 5.74) is 0.385. The average molecular weight is 367 g/mol. The molecular weight excluding hydrogens is 350 g/mol. The molecule has 0 unspecified atom stereocenters. The fraction of sp³-hybridized carbons (Fsp3) is 0.105. The van der Waals surface area contributed by atoms with Crippen molar-refractivity contribution >= 4 is 28.4 Å². The first-order valence-corrected chi connectivity index (χ1v) is 8.18. The van der Waals surface area contributed by atoms with Gasteiger partial charge in [-0.1, -0.05) is 6.07 Å². The van der Waals surface area contributed by atoms with Crippen LogP contribution < -0.4 is 16.2 Å². The first kappa shape index (κ1) is 18.0. The minimum Gasteiger partial charge on any atom is -0.504 e. The van der Waals surface area contributed by atoms with Gasteiger partial charge in [-0.15, -0.1) is 0 Å². The van der Waals surface area contributed by atoms with Crippen LogP contribution in [0.5, 0.6) is 11.5 Å². The number of phenolic OH excluding ortho intramolecular Hbond substituents is 2. The number of fused-ring (bicyclic) bond motifs is 1. The molecule has 0 saturated carbocycles. The molecule has 2 aromatic carbocycles. The second-order valence-electron chi connectivity index (χ2n) is 5.80. The van der Waals surface area contributed by atoms with Crippen LogP contribution in [0, 0.1) is 0 Å². The van der Waals surface area contributed by atoms with Crippen molar-refractivity contribution in [2.45, 2.75) is 6.92 Å². The lowest BCUT2D eigenvalue weighted by Crippen LogP contribution is -2.29. The Kier molecular flexibility index (Phi) is 4.80. The molecule has 0 aliphatic heterocycles. The number of pyridine rings is 1. The van der Waals surface area contributed by atoms with E-state index in [1.165, 1.54) is 18.2 Å². The Morgan fingerprint density at radius 2 is 1.81 bits per heavy atom. The number of H-pyrrole nitrogens is 1. The van der Waals surface area contributed by atoms with Crippen LogP contribution in [0.15, 0.2) is 47.3 Å². The topological polar surface area (TPSA) is 132 Å². The highest BCUT2D eigenvalue weighted by Crippen LogP contribution is 2.26. The van der Waals surface area contributed by atoms with E-state index in [2.05, 4.69) is 15.6 Å². The number of hydrogen-bond acceptors (Lipinski definition) is 5. The molecule has 0 bridgehead atoms. The number of nitrogens with one attached hydrogen (secondary N) is 3. The summed E-state index contributed by atoms with van der Waals surface area (Å²) in [6.07, 6.45) is 0. The Hall–Kier alpha value is -3.81. The molecule has 0 aliphatic carbocycles. The first-order chi connectivity index (χ1) is 12.9. The van der Waals surface area contributed by atoms with Gasteiger partial charge in [0.2, 0.25) is 0 Å². The summed E-state index contributed by atoms with van der Waals surface area (Å²) in [5.74, 6) is -1.78. The van der Waals surface area contributed by atoms with Gasteiger partial charge in [-0.25, -0.2) is 0 Å². The van der Waals surface area contributed by atoms with E-state index >= 15 is 0 Å². The molecule has 0 saturated heterocycles. The fourth-order valence-corrected chi connectivity index (χ4v) is 2.62. The van der Waals surface area contributed by atoms with Crippen LogP contribution in [-0.4, -0.2) is 33.6 Å². The largest absolute Gasteiger partial charge is 0.504 e. The van der Waals surface area contributed by atoms with Gasteiger partial charge in [-0.05, 0) is 43.3 Å². The minimum absolute atomic E-state index is 0.0617. The molecule has 0 aliphatic rings. The van der Waals surface area contributed by atoms with Gasteiger partial charge < -0.3 is 25.8 Å². The first-order valence-electron chi connectivity index (χ1n) is 8.18. The summed E-state index contributed by atoms with van der Waals surface area (Å²) in [6.45, 7) is 2.12. The van der Waals surface area contributed by atoms with Gasteiger partial charge in [0.05, 0.1) is 11.2 Å². The lowest BCUT2D eigenvalue weighted by atomic mass is 10.1. The third-order valence-electron chi connectivity index (χ3n) is 3.96. The quantitative estimate of drug-likeness (QED) is 0.450. The predicted molar refractivity (Wildman–Crippen MR) is 100 cm³/mol. The van der Waals surface area contributed by atoms with Crippen LogP contribution in [0.4, 0.5) is 5.69 Å². The fourth-order valence-electron chi connectivity index (χ4n) is 2.62. The van der Waals surface area contributed by atoms with E-state index in [1.54, 1.807) is 25.1 Å². The minimum atomic E-state index is -0.527. The summed E-state index contributed by atoms with van der Waals surface area (Å²) in [4.78, 5) is 39.3. The predicted octanol–water partition coefficient (Wildman–Crippen LogP) is 1.94. The number of amides is 2. The maximum atomic E-state index is 12.5. The summed E-state index contributed by atoms with van der Waals surface area (Å²) in [5, 5.41) is 24.6. The smallest absolute Gasteiger partial charge is 0.261 e. The standard InChI is InChI=1S/C19H17N3O5/c1-2-20-18(26)12-9-11-13(4-3-5-14(11)22-19(12)27)21-17(25)10-6-7-15(23)16(24)8-10/h3-9,23-24H,2H2,1H3,(H,20,26)(H,21,25)(H,22,27). The number of aromatic nitrogens is 1. The molecule has 2 amide bonds. The zero-order valence-electron chi connectivity index (χ0n) is 14.4. The van der Waals surface area contributed by atoms with Gasteiger partial charge in [0.1, 0.15) is 5.56 Å².